The summed E-state index contributed by atoms with van der Waals surface area (Å²) in [4.78, 5) is 0. The van der Waals surface area contributed by atoms with Gasteiger partial charge in [-0.2, -0.15) is 4.57 Å². The van der Waals surface area contributed by atoms with Crippen LogP contribution < -0.4 is 4.57 Å². The molecular formula is C27H30N+. The Balaban J connectivity index is 2.33. The fourth-order valence-electron chi connectivity index (χ4n) is 4.45. The predicted octanol–water partition coefficient (Wildman–Crippen LogP) is 6.84. The summed E-state index contributed by atoms with van der Waals surface area (Å²) in [5.74, 6) is 0.407. The van der Waals surface area contributed by atoms with Crippen molar-refractivity contribution in [2.24, 2.45) is 7.05 Å². The van der Waals surface area contributed by atoms with Crippen molar-refractivity contribution in [1.82, 2.24) is 0 Å². The van der Waals surface area contributed by atoms with E-state index in [1.54, 1.807) is 0 Å². The molecular weight excluding hydrogens is 338 g/mol. The fourth-order valence-corrected chi connectivity index (χ4v) is 4.45. The maximum absolute atomic E-state index is 8.92. The van der Waals surface area contributed by atoms with Crippen molar-refractivity contribution in [2.75, 3.05) is 0 Å². The van der Waals surface area contributed by atoms with Crippen LogP contribution in [0.15, 0.2) is 48.5 Å². The standard InChI is InChI=1S/C27H30N/c1-16(2)24-15-21-14-19(5)28(7)27(25-13-17(3)12-18(4)20(25)6)26(21)23-11-9-8-10-22(23)24/h8-16H,1-7H3/q+1/i14D. The average molecular weight is 370 g/mol. The first-order valence-corrected chi connectivity index (χ1v) is 10.1. The molecule has 28 heavy (non-hydrogen) atoms. The molecule has 0 fully saturated rings. The zero-order chi connectivity index (χ0) is 21.0. The van der Waals surface area contributed by atoms with Gasteiger partial charge < -0.3 is 0 Å². The molecule has 0 aliphatic carbocycles. The van der Waals surface area contributed by atoms with E-state index in [1.165, 1.54) is 49.7 Å². The predicted molar refractivity (Wildman–Crippen MR) is 121 cm³/mol. The molecule has 1 aromatic heterocycles. The van der Waals surface area contributed by atoms with Crippen molar-refractivity contribution in [3.63, 3.8) is 0 Å². The summed E-state index contributed by atoms with van der Waals surface area (Å²) in [7, 11) is 2.10. The highest BCUT2D eigenvalue weighted by Crippen LogP contribution is 2.38. The van der Waals surface area contributed by atoms with Gasteiger partial charge in [-0.05, 0) is 71.7 Å². The van der Waals surface area contributed by atoms with E-state index in [9.17, 15) is 0 Å². The fraction of sp³-hybridized carbons (Fsp3) is 0.296. The van der Waals surface area contributed by atoms with E-state index in [0.29, 0.717) is 12.0 Å². The monoisotopic (exact) mass is 369 g/mol. The molecule has 0 saturated carbocycles. The topological polar surface area (TPSA) is 3.88 Å². The quantitative estimate of drug-likeness (QED) is 0.269. The summed E-state index contributed by atoms with van der Waals surface area (Å²) in [6.45, 7) is 13.1. The molecule has 0 atom stereocenters. The molecule has 1 heterocycles. The van der Waals surface area contributed by atoms with Crippen molar-refractivity contribution >= 4 is 21.5 Å². The van der Waals surface area contributed by atoms with Crippen LogP contribution in [0.4, 0.5) is 0 Å². The third kappa shape index (κ3) is 2.81. The van der Waals surface area contributed by atoms with Crippen LogP contribution in [0.25, 0.3) is 32.8 Å². The third-order valence-corrected chi connectivity index (χ3v) is 6.16. The number of fused-ring (bicyclic) bond motifs is 3. The number of hydrogen-bond acceptors (Lipinski definition) is 0. The molecule has 1 nitrogen and oxygen atoms in total. The van der Waals surface area contributed by atoms with Crippen LogP contribution in [0.2, 0.25) is 0 Å². The summed E-state index contributed by atoms with van der Waals surface area (Å²) >= 11 is 0. The van der Waals surface area contributed by atoms with Crippen LogP contribution in [0.3, 0.4) is 0 Å². The van der Waals surface area contributed by atoms with Crippen LogP contribution in [-0.2, 0) is 7.05 Å². The second kappa shape index (κ2) is 6.74. The molecule has 142 valence electrons. The maximum atomic E-state index is 8.92. The summed E-state index contributed by atoms with van der Waals surface area (Å²) in [5.41, 5.74) is 8.68. The highest BCUT2D eigenvalue weighted by Gasteiger charge is 2.23. The van der Waals surface area contributed by atoms with Gasteiger partial charge in [-0.25, -0.2) is 0 Å². The molecule has 0 spiro atoms. The Morgan fingerprint density at radius 1 is 0.929 bits per heavy atom. The third-order valence-electron chi connectivity index (χ3n) is 6.16. The van der Waals surface area contributed by atoms with Gasteiger partial charge in [-0.1, -0.05) is 49.7 Å². The number of aryl methyl sites for hydroxylation is 2. The number of aromatic nitrogens is 1. The molecule has 1 heteroatoms. The van der Waals surface area contributed by atoms with Crippen LogP contribution in [0.1, 0.15) is 49.1 Å². The van der Waals surface area contributed by atoms with Gasteiger partial charge >= 0.3 is 0 Å². The highest BCUT2D eigenvalue weighted by molar-refractivity contribution is 6.14. The zero-order valence-electron chi connectivity index (χ0n) is 19.1. The number of rotatable bonds is 2. The molecule has 0 bridgehead atoms. The average Bonchev–Trinajstić information content (AvgIpc) is 2.69. The lowest BCUT2D eigenvalue weighted by Gasteiger charge is -2.17. The van der Waals surface area contributed by atoms with Crippen molar-refractivity contribution < 1.29 is 5.94 Å². The maximum Gasteiger partial charge on any atom is 0.221 e. The van der Waals surface area contributed by atoms with Crippen molar-refractivity contribution in [1.29, 1.82) is 0 Å². The second-order valence-electron chi connectivity index (χ2n) is 8.46. The lowest BCUT2D eigenvalue weighted by atomic mass is 9.88. The number of pyridine rings is 1. The molecule has 4 aromatic rings. The van der Waals surface area contributed by atoms with Crippen molar-refractivity contribution in [2.45, 2.75) is 47.5 Å². The van der Waals surface area contributed by atoms with Crippen LogP contribution in [0, 0.1) is 27.7 Å². The van der Waals surface area contributed by atoms with Gasteiger partial charge in [0.1, 0.15) is 7.05 Å². The molecule has 3 aromatic carbocycles. The van der Waals surface area contributed by atoms with E-state index in [2.05, 4.69) is 95.6 Å². The van der Waals surface area contributed by atoms with E-state index in [-0.39, 0.29) is 0 Å². The molecule has 0 amide bonds. The first-order valence-electron chi connectivity index (χ1n) is 10.6. The van der Waals surface area contributed by atoms with Crippen molar-refractivity contribution in [3.05, 3.63) is 76.5 Å². The molecule has 0 saturated heterocycles. The second-order valence-corrected chi connectivity index (χ2v) is 8.46. The number of hydrogen-bond donors (Lipinski definition) is 0. The van der Waals surface area contributed by atoms with Crippen LogP contribution >= 0.6 is 0 Å². The first-order chi connectivity index (χ1) is 13.7. The van der Waals surface area contributed by atoms with E-state index in [0.717, 1.165) is 11.1 Å². The lowest BCUT2D eigenvalue weighted by Crippen LogP contribution is -2.35. The highest BCUT2D eigenvalue weighted by atomic mass is 14.9. The van der Waals surface area contributed by atoms with E-state index in [4.69, 9.17) is 1.37 Å². The Morgan fingerprint density at radius 3 is 2.29 bits per heavy atom. The molecule has 4 rings (SSSR count). The molecule has 0 unspecified atom stereocenters. The Kier molecular flexibility index (Phi) is 4.19. The molecule has 0 aliphatic rings. The summed E-state index contributed by atoms with van der Waals surface area (Å²) in [6.07, 6.45) is 0. The Bertz CT molecular complexity index is 1280. The van der Waals surface area contributed by atoms with Gasteiger partial charge in [0, 0.05) is 13.0 Å². The molecule has 0 radical (unpaired) electrons. The van der Waals surface area contributed by atoms with Crippen molar-refractivity contribution in [3.8, 4) is 11.3 Å². The van der Waals surface area contributed by atoms with Crippen LogP contribution in [0.5, 0.6) is 0 Å². The minimum atomic E-state index is 0.407. The van der Waals surface area contributed by atoms with E-state index < -0.39 is 0 Å². The van der Waals surface area contributed by atoms with E-state index in [1.807, 2.05) is 0 Å². The van der Waals surface area contributed by atoms with Gasteiger partial charge in [-0.3, -0.25) is 0 Å². The smallest absolute Gasteiger partial charge is 0.198 e. The largest absolute Gasteiger partial charge is 0.221 e. The zero-order valence-corrected chi connectivity index (χ0v) is 18.1. The first kappa shape index (κ1) is 17.4. The minimum Gasteiger partial charge on any atom is -0.198 e. The summed E-state index contributed by atoms with van der Waals surface area (Å²) in [5, 5.41) is 4.78. The van der Waals surface area contributed by atoms with Crippen LogP contribution in [-0.4, -0.2) is 0 Å². The summed E-state index contributed by atoms with van der Waals surface area (Å²) < 4.78 is 11.1. The van der Waals surface area contributed by atoms with Gasteiger partial charge in [0.2, 0.25) is 5.69 Å². The summed E-state index contributed by atoms with van der Waals surface area (Å²) in [6, 6.07) is 16.1. The van der Waals surface area contributed by atoms with E-state index >= 15 is 0 Å². The Morgan fingerprint density at radius 2 is 1.61 bits per heavy atom. The molecule has 0 N–H and O–H groups in total. The molecule has 0 aliphatic heterocycles. The number of benzene rings is 3. The van der Waals surface area contributed by atoms with Gasteiger partial charge in [-0.15, -0.1) is 0 Å². The van der Waals surface area contributed by atoms with Gasteiger partial charge in [0.15, 0.2) is 5.69 Å². The normalized spacial score (nSPS) is 12.2. The Hall–Kier alpha value is -2.67. The minimum absolute atomic E-state index is 0.407. The van der Waals surface area contributed by atoms with Gasteiger partial charge in [0.25, 0.3) is 0 Å². The lowest BCUT2D eigenvalue weighted by molar-refractivity contribution is -0.665. The SMILES string of the molecule is [2H]c1c(C)[n+](C)c(-c2cc(C)cc(C)c2C)c2c1cc(C(C)C)c1ccccc12. The number of nitrogens with zero attached hydrogens (tertiary/aromatic N) is 1. The van der Waals surface area contributed by atoms with Gasteiger partial charge in [0.05, 0.1) is 12.3 Å². The Labute approximate surface area is 170 Å².